The van der Waals surface area contributed by atoms with Gasteiger partial charge in [-0.05, 0) is 39.3 Å². The number of pyridine rings is 1. The number of ether oxygens (including phenoxy) is 2. The first kappa shape index (κ1) is 23.9. The largest absolute Gasteiger partial charge is 0.376 e. The van der Waals surface area contributed by atoms with Crippen LogP contribution in [0.3, 0.4) is 0 Å². The number of Topliss-reactive ketones (excluding diaryl/α,β-unsaturated/α-hetero) is 1. The van der Waals surface area contributed by atoms with Crippen molar-refractivity contribution in [3.8, 4) is 11.3 Å². The lowest BCUT2D eigenvalue weighted by Crippen LogP contribution is -2.45. The van der Waals surface area contributed by atoms with Crippen LogP contribution in [0.2, 0.25) is 5.02 Å². The zero-order valence-electron chi connectivity index (χ0n) is 18.9. The summed E-state index contributed by atoms with van der Waals surface area (Å²) in [5.41, 5.74) is 1.13. The van der Waals surface area contributed by atoms with Crippen LogP contribution in [0.5, 0.6) is 0 Å². The Morgan fingerprint density at radius 3 is 2.97 bits per heavy atom. The molecule has 2 saturated heterocycles. The van der Waals surface area contributed by atoms with Crippen molar-refractivity contribution >= 4 is 23.2 Å². The van der Waals surface area contributed by atoms with Gasteiger partial charge in [0.05, 0.1) is 41.8 Å². The summed E-state index contributed by atoms with van der Waals surface area (Å²) < 4.78 is 25.9. The van der Waals surface area contributed by atoms with Crippen molar-refractivity contribution in [2.24, 2.45) is 5.92 Å². The van der Waals surface area contributed by atoms with Crippen LogP contribution in [0.4, 0.5) is 10.2 Å². The molecule has 33 heavy (non-hydrogen) atoms. The van der Waals surface area contributed by atoms with E-state index in [0.717, 1.165) is 19.4 Å². The molecule has 2 aliphatic rings. The summed E-state index contributed by atoms with van der Waals surface area (Å²) in [6.07, 6.45) is 4.66. The van der Waals surface area contributed by atoms with E-state index in [9.17, 15) is 9.18 Å². The number of nitrogens with one attached hydrogen (secondary N) is 2. The molecule has 10 heteroatoms. The van der Waals surface area contributed by atoms with Crippen molar-refractivity contribution in [1.82, 2.24) is 20.3 Å². The van der Waals surface area contributed by atoms with Crippen LogP contribution in [0.15, 0.2) is 18.5 Å². The summed E-state index contributed by atoms with van der Waals surface area (Å²) in [5, 5.41) is 6.58. The van der Waals surface area contributed by atoms with Gasteiger partial charge >= 0.3 is 0 Å². The lowest BCUT2D eigenvalue weighted by atomic mass is 9.92. The third kappa shape index (κ3) is 6.23. The lowest BCUT2D eigenvalue weighted by molar-refractivity contribution is -0.177. The normalized spacial score (nSPS) is 22.7. The number of piperidine rings is 1. The first-order valence-corrected chi connectivity index (χ1v) is 11.6. The maximum atomic E-state index is 14.3. The second-order valence-electron chi connectivity index (χ2n) is 9.13. The maximum absolute atomic E-state index is 14.3. The van der Waals surface area contributed by atoms with Gasteiger partial charge in [0.1, 0.15) is 5.78 Å². The van der Waals surface area contributed by atoms with Crippen molar-refractivity contribution in [3.63, 3.8) is 0 Å². The van der Waals surface area contributed by atoms with Crippen molar-refractivity contribution in [3.05, 3.63) is 35.1 Å². The molecule has 178 valence electrons. The molecule has 4 rings (SSSR count). The Kier molecular flexibility index (Phi) is 7.53. The van der Waals surface area contributed by atoms with E-state index >= 15 is 0 Å². The van der Waals surface area contributed by atoms with Crippen molar-refractivity contribution in [2.45, 2.75) is 44.8 Å². The number of carbonyl (C=O) groups is 1. The molecular formula is C23H29ClFN5O3. The second-order valence-corrected chi connectivity index (χ2v) is 9.54. The summed E-state index contributed by atoms with van der Waals surface area (Å²) in [6, 6.07) is 1.72. The average Bonchev–Trinajstić information content (AvgIpc) is 2.80. The van der Waals surface area contributed by atoms with Gasteiger partial charge in [-0.15, -0.1) is 0 Å². The van der Waals surface area contributed by atoms with Gasteiger partial charge in [0.25, 0.3) is 5.95 Å². The minimum atomic E-state index is -0.722. The molecule has 0 amide bonds. The Labute approximate surface area is 197 Å². The Balaban J connectivity index is 1.48. The van der Waals surface area contributed by atoms with Gasteiger partial charge in [-0.1, -0.05) is 11.6 Å². The molecule has 0 radical (unpaired) electrons. The molecule has 0 spiro atoms. The van der Waals surface area contributed by atoms with Gasteiger partial charge in [0.15, 0.2) is 5.82 Å². The van der Waals surface area contributed by atoms with Crippen molar-refractivity contribution in [2.75, 3.05) is 38.2 Å². The Hall–Kier alpha value is -2.20. The summed E-state index contributed by atoms with van der Waals surface area (Å²) >= 11 is 6.36. The molecule has 2 aromatic rings. The molecule has 2 fully saturated rings. The van der Waals surface area contributed by atoms with E-state index in [4.69, 9.17) is 21.1 Å². The van der Waals surface area contributed by atoms with E-state index in [1.165, 1.54) is 12.4 Å². The van der Waals surface area contributed by atoms with Crippen molar-refractivity contribution < 1.29 is 18.7 Å². The number of ketones is 1. The second kappa shape index (κ2) is 10.4. The molecule has 0 aromatic carbocycles. The zero-order chi connectivity index (χ0) is 23.4. The van der Waals surface area contributed by atoms with Crippen molar-refractivity contribution in [1.29, 1.82) is 0 Å². The molecule has 4 heterocycles. The SMILES string of the molecule is CC1(C)COC[C@@H](CNc2nc(-c3cc(CC(=O)[C@@H]4CCCNC4)ncc3Cl)cnc2F)O1. The number of carbonyl (C=O) groups excluding carboxylic acids is 1. The standard InChI is InChI=1S/C23H29ClFN5O3/c1-23(2)13-32-12-16(33-23)9-29-22-21(25)28-11-19(30-22)17-6-15(27-10-18(17)24)7-20(31)14-4-3-5-26-8-14/h6,10-11,14,16,26H,3-5,7-9,12-13H2,1-2H3,(H,29,30)/t14-,16-/m1/s1. The van der Waals surface area contributed by atoms with Gasteiger partial charge in [0, 0.05) is 42.9 Å². The van der Waals surface area contributed by atoms with E-state index < -0.39 is 11.5 Å². The Bertz CT molecular complexity index is 1000. The smallest absolute Gasteiger partial charge is 0.255 e. The highest BCUT2D eigenvalue weighted by atomic mass is 35.5. The van der Waals surface area contributed by atoms with Crippen LogP contribution < -0.4 is 10.6 Å². The Morgan fingerprint density at radius 1 is 1.36 bits per heavy atom. The van der Waals surface area contributed by atoms with E-state index in [1.54, 1.807) is 6.07 Å². The van der Waals surface area contributed by atoms with Crippen LogP contribution in [-0.4, -0.2) is 65.3 Å². The van der Waals surface area contributed by atoms with Crippen LogP contribution in [0, 0.1) is 11.9 Å². The van der Waals surface area contributed by atoms with E-state index in [1.807, 2.05) is 13.8 Å². The minimum absolute atomic E-state index is 0.00161. The number of nitrogens with zero attached hydrogens (tertiary/aromatic N) is 3. The average molecular weight is 478 g/mol. The highest BCUT2D eigenvalue weighted by molar-refractivity contribution is 6.33. The highest BCUT2D eigenvalue weighted by Crippen LogP contribution is 2.28. The fourth-order valence-electron chi connectivity index (χ4n) is 4.11. The fraction of sp³-hybridized carbons (Fsp3) is 0.565. The number of anilines is 1. The predicted octanol–water partition coefficient (Wildman–Crippen LogP) is 3.05. The molecule has 0 unspecified atom stereocenters. The predicted molar refractivity (Wildman–Crippen MR) is 123 cm³/mol. The fourth-order valence-corrected chi connectivity index (χ4v) is 4.31. The lowest BCUT2D eigenvalue weighted by Gasteiger charge is -2.35. The maximum Gasteiger partial charge on any atom is 0.255 e. The molecule has 0 saturated carbocycles. The summed E-state index contributed by atoms with van der Waals surface area (Å²) in [4.78, 5) is 25.2. The van der Waals surface area contributed by atoms with Crippen LogP contribution in [0.25, 0.3) is 11.3 Å². The molecule has 0 aliphatic carbocycles. The third-order valence-electron chi connectivity index (χ3n) is 5.76. The first-order chi connectivity index (χ1) is 15.8. The van der Waals surface area contributed by atoms with Gasteiger partial charge in [-0.3, -0.25) is 9.78 Å². The molecule has 2 N–H and O–H groups in total. The first-order valence-electron chi connectivity index (χ1n) is 11.2. The molecule has 8 nitrogen and oxygen atoms in total. The van der Waals surface area contributed by atoms with Gasteiger partial charge in [-0.2, -0.15) is 4.39 Å². The van der Waals surface area contributed by atoms with E-state index in [0.29, 0.717) is 48.3 Å². The highest BCUT2D eigenvalue weighted by Gasteiger charge is 2.29. The van der Waals surface area contributed by atoms with Crippen LogP contribution >= 0.6 is 11.6 Å². The summed E-state index contributed by atoms with van der Waals surface area (Å²) in [7, 11) is 0. The monoisotopic (exact) mass is 477 g/mol. The minimum Gasteiger partial charge on any atom is -0.376 e. The quantitative estimate of drug-likeness (QED) is 0.628. The van der Waals surface area contributed by atoms with Gasteiger partial charge in [-0.25, -0.2) is 9.97 Å². The topological polar surface area (TPSA) is 98.3 Å². The number of hydrogen-bond donors (Lipinski definition) is 2. The molecule has 2 aliphatic heterocycles. The van der Waals surface area contributed by atoms with Crippen LogP contribution in [0.1, 0.15) is 32.4 Å². The molecule has 0 bridgehead atoms. The number of hydrogen-bond acceptors (Lipinski definition) is 8. The van der Waals surface area contributed by atoms with Gasteiger partial charge in [0.2, 0.25) is 0 Å². The number of aromatic nitrogens is 3. The van der Waals surface area contributed by atoms with Crippen LogP contribution in [-0.2, 0) is 20.7 Å². The van der Waals surface area contributed by atoms with E-state index in [2.05, 4.69) is 25.6 Å². The summed E-state index contributed by atoms with van der Waals surface area (Å²) in [5.74, 6) is -0.580. The van der Waals surface area contributed by atoms with Gasteiger partial charge < -0.3 is 20.1 Å². The molecular weight excluding hydrogens is 449 g/mol. The number of rotatable bonds is 7. The third-order valence-corrected chi connectivity index (χ3v) is 6.06. The summed E-state index contributed by atoms with van der Waals surface area (Å²) in [6.45, 7) is 6.77. The molecule has 2 atom stereocenters. The number of halogens is 2. The molecule has 2 aromatic heterocycles. The zero-order valence-corrected chi connectivity index (χ0v) is 19.6. The van der Waals surface area contributed by atoms with E-state index in [-0.39, 0.29) is 30.0 Å². The Morgan fingerprint density at radius 2 is 2.21 bits per heavy atom.